The number of carboxylic acid groups (broad SMARTS) is 1. The predicted molar refractivity (Wildman–Crippen MR) is 46.8 cm³/mol. The number of carbonyl (C=O) groups is 1. The Bertz CT molecular complexity index is 302. The maximum absolute atomic E-state index is 10.9. The Hall–Kier alpha value is -0.330. The normalized spacial score (nSPS) is 25.8. The van der Waals surface area contributed by atoms with Crippen LogP contribution in [0.1, 0.15) is 19.3 Å². The van der Waals surface area contributed by atoms with Gasteiger partial charge in [-0.05, 0) is 19.3 Å². The molecule has 0 aromatic heterocycles. The van der Waals surface area contributed by atoms with Crippen molar-refractivity contribution >= 4 is 25.9 Å². The number of halogens is 1. The van der Waals surface area contributed by atoms with Gasteiger partial charge in [0, 0.05) is 17.2 Å². The lowest BCUT2D eigenvalue weighted by Gasteiger charge is -2.29. The predicted octanol–water partition coefficient (Wildman–Crippen LogP) is 0.409. The molecule has 1 rings (SSSR count). The summed E-state index contributed by atoms with van der Waals surface area (Å²) in [6, 6.07) is -0.990. The van der Waals surface area contributed by atoms with E-state index in [-0.39, 0.29) is 6.54 Å². The van der Waals surface area contributed by atoms with Crippen LogP contribution in [0, 0.1) is 0 Å². The second-order valence-electron chi connectivity index (χ2n) is 2.90. The zero-order valence-electron chi connectivity index (χ0n) is 6.81. The third-order valence-electron chi connectivity index (χ3n) is 2.02. The van der Waals surface area contributed by atoms with Gasteiger partial charge in [-0.1, -0.05) is 0 Å². The van der Waals surface area contributed by atoms with Gasteiger partial charge >= 0.3 is 15.2 Å². The van der Waals surface area contributed by atoms with E-state index in [2.05, 4.69) is 0 Å². The minimum atomic E-state index is -3.90. The maximum Gasteiger partial charge on any atom is 0.322 e. The molecule has 1 aliphatic heterocycles. The fourth-order valence-electron chi connectivity index (χ4n) is 1.41. The van der Waals surface area contributed by atoms with Gasteiger partial charge in [0.2, 0.25) is 0 Å². The van der Waals surface area contributed by atoms with Gasteiger partial charge < -0.3 is 5.11 Å². The number of piperidine rings is 1. The summed E-state index contributed by atoms with van der Waals surface area (Å²) in [5, 5.41) is 8.71. The SMILES string of the molecule is O=C(O)C1CCCCN1S(=O)(=O)Cl. The molecular formula is C6H10ClNO4S. The molecule has 1 aliphatic rings. The summed E-state index contributed by atoms with van der Waals surface area (Å²) in [4.78, 5) is 10.6. The third-order valence-corrected chi connectivity index (χ3v) is 3.55. The van der Waals surface area contributed by atoms with Crippen molar-refractivity contribution in [3.8, 4) is 0 Å². The van der Waals surface area contributed by atoms with Crippen LogP contribution < -0.4 is 0 Å². The summed E-state index contributed by atoms with van der Waals surface area (Å²) in [6.45, 7) is 0.197. The fraction of sp³-hybridized carbons (Fsp3) is 0.833. The van der Waals surface area contributed by atoms with Gasteiger partial charge in [-0.15, -0.1) is 0 Å². The third kappa shape index (κ3) is 2.55. The zero-order chi connectivity index (χ0) is 10.1. The van der Waals surface area contributed by atoms with Gasteiger partial charge in [-0.2, -0.15) is 12.7 Å². The molecule has 7 heteroatoms. The van der Waals surface area contributed by atoms with Crippen LogP contribution in [-0.2, 0) is 14.0 Å². The van der Waals surface area contributed by atoms with Crippen molar-refractivity contribution in [1.82, 2.24) is 4.31 Å². The van der Waals surface area contributed by atoms with Crippen molar-refractivity contribution in [3.63, 3.8) is 0 Å². The molecule has 0 spiro atoms. The Morgan fingerprint density at radius 3 is 2.46 bits per heavy atom. The van der Waals surface area contributed by atoms with Gasteiger partial charge in [0.25, 0.3) is 0 Å². The van der Waals surface area contributed by atoms with E-state index >= 15 is 0 Å². The number of hydrogen-bond acceptors (Lipinski definition) is 3. The lowest BCUT2D eigenvalue weighted by Crippen LogP contribution is -2.46. The van der Waals surface area contributed by atoms with Crippen molar-refractivity contribution in [3.05, 3.63) is 0 Å². The number of hydrogen-bond donors (Lipinski definition) is 1. The first-order valence-corrected chi connectivity index (χ1v) is 6.14. The molecular weight excluding hydrogens is 218 g/mol. The van der Waals surface area contributed by atoms with Crippen LogP contribution in [0.25, 0.3) is 0 Å². The molecule has 0 radical (unpaired) electrons. The molecule has 1 saturated heterocycles. The highest BCUT2D eigenvalue weighted by Crippen LogP contribution is 2.22. The highest BCUT2D eigenvalue weighted by Gasteiger charge is 2.35. The van der Waals surface area contributed by atoms with Crippen LogP contribution in [-0.4, -0.2) is 36.4 Å². The maximum atomic E-state index is 10.9. The van der Waals surface area contributed by atoms with E-state index in [0.717, 1.165) is 10.7 Å². The minimum absolute atomic E-state index is 0.197. The first-order chi connectivity index (χ1) is 5.93. The first kappa shape index (κ1) is 10.7. The molecule has 5 nitrogen and oxygen atoms in total. The Morgan fingerprint density at radius 2 is 2.08 bits per heavy atom. The molecule has 0 saturated carbocycles. The van der Waals surface area contributed by atoms with Crippen LogP contribution >= 0.6 is 10.7 Å². The molecule has 0 aromatic rings. The van der Waals surface area contributed by atoms with E-state index in [4.69, 9.17) is 15.8 Å². The summed E-state index contributed by atoms with van der Waals surface area (Å²) in [5.41, 5.74) is 0. The fourth-order valence-corrected chi connectivity index (χ4v) is 2.76. The summed E-state index contributed by atoms with van der Waals surface area (Å²) < 4.78 is 22.7. The average Bonchev–Trinajstić information content (AvgIpc) is 2.03. The second-order valence-corrected chi connectivity index (χ2v) is 5.37. The van der Waals surface area contributed by atoms with Crippen LogP contribution in [0.3, 0.4) is 0 Å². The van der Waals surface area contributed by atoms with Gasteiger partial charge in [0.1, 0.15) is 6.04 Å². The lowest BCUT2D eigenvalue weighted by atomic mass is 10.1. The Balaban J connectivity index is 2.86. The van der Waals surface area contributed by atoms with Crippen LogP contribution in [0.5, 0.6) is 0 Å². The highest BCUT2D eigenvalue weighted by atomic mass is 35.7. The molecule has 0 aliphatic carbocycles. The summed E-state index contributed by atoms with van der Waals surface area (Å²) >= 11 is 0. The number of carboxylic acids is 1. The molecule has 1 heterocycles. The van der Waals surface area contributed by atoms with Crippen LogP contribution in [0.2, 0.25) is 0 Å². The van der Waals surface area contributed by atoms with Crippen molar-refractivity contribution in [2.45, 2.75) is 25.3 Å². The van der Waals surface area contributed by atoms with Crippen molar-refractivity contribution < 1.29 is 18.3 Å². The lowest BCUT2D eigenvalue weighted by molar-refractivity contribution is -0.142. The van der Waals surface area contributed by atoms with E-state index in [1.54, 1.807) is 0 Å². The molecule has 76 valence electrons. The number of aliphatic carboxylic acids is 1. The van der Waals surface area contributed by atoms with Gasteiger partial charge in [0.05, 0.1) is 0 Å². The Kier molecular flexibility index (Phi) is 3.15. The molecule has 1 fully saturated rings. The van der Waals surface area contributed by atoms with Crippen molar-refractivity contribution in [2.75, 3.05) is 6.54 Å². The highest BCUT2D eigenvalue weighted by molar-refractivity contribution is 8.11. The minimum Gasteiger partial charge on any atom is -0.480 e. The summed E-state index contributed by atoms with van der Waals surface area (Å²) in [6.07, 6.45) is 1.72. The van der Waals surface area contributed by atoms with Crippen LogP contribution in [0.15, 0.2) is 0 Å². The zero-order valence-corrected chi connectivity index (χ0v) is 8.38. The first-order valence-electron chi connectivity index (χ1n) is 3.87. The average molecular weight is 228 g/mol. The quantitative estimate of drug-likeness (QED) is 0.694. The summed E-state index contributed by atoms with van der Waals surface area (Å²) in [7, 11) is 1.19. The molecule has 1 N–H and O–H groups in total. The molecule has 1 atom stereocenters. The monoisotopic (exact) mass is 227 g/mol. The van der Waals surface area contributed by atoms with Crippen LogP contribution in [0.4, 0.5) is 0 Å². The molecule has 0 aromatic carbocycles. The van der Waals surface area contributed by atoms with E-state index in [1.807, 2.05) is 0 Å². The van der Waals surface area contributed by atoms with Gasteiger partial charge in [0.15, 0.2) is 0 Å². The van der Waals surface area contributed by atoms with Crippen molar-refractivity contribution in [1.29, 1.82) is 0 Å². The Labute approximate surface area is 80.8 Å². The van der Waals surface area contributed by atoms with Crippen molar-refractivity contribution in [2.24, 2.45) is 0 Å². The standard InChI is InChI=1S/C6H10ClNO4S/c7-13(11,12)8-4-2-1-3-5(8)6(9)10/h5H,1-4H2,(H,9,10). The molecule has 1 unspecified atom stereocenters. The molecule has 0 amide bonds. The van der Waals surface area contributed by atoms with E-state index in [1.165, 1.54) is 0 Å². The largest absolute Gasteiger partial charge is 0.480 e. The summed E-state index contributed by atoms with van der Waals surface area (Å²) in [5.74, 6) is -1.14. The van der Waals surface area contributed by atoms with E-state index in [0.29, 0.717) is 12.8 Å². The van der Waals surface area contributed by atoms with E-state index in [9.17, 15) is 13.2 Å². The number of nitrogens with zero attached hydrogens (tertiary/aromatic N) is 1. The second kappa shape index (κ2) is 3.81. The smallest absolute Gasteiger partial charge is 0.322 e. The number of rotatable bonds is 2. The van der Waals surface area contributed by atoms with E-state index < -0.39 is 21.2 Å². The topological polar surface area (TPSA) is 74.7 Å². The molecule has 13 heavy (non-hydrogen) atoms. The Morgan fingerprint density at radius 1 is 1.46 bits per heavy atom. The van der Waals surface area contributed by atoms with Gasteiger partial charge in [-0.3, -0.25) is 4.79 Å². The van der Waals surface area contributed by atoms with Gasteiger partial charge in [-0.25, -0.2) is 0 Å². The molecule has 0 bridgehead atoms.